The summed E-state index contributed by atoms with van der Waals surface area (Å²) in [6.45, 7) is 0.787. The molecular weight excluding hydrogens is 499 g/mol. The maximum atomic E-state index is 13.5. The molecule has 0 unspecified atom stereocenters. The number of halogens is 3. The molecular formula is C25H20F3NO6S. The third kappa shape index (κ3) is 5.12. The van der Waals surface area contributed by atoms with Crippen LogP contribution in [0, 0.1) is 0 Å². The fourth-order valence-electron chi connectivity index (χ4n) is 3.89. The monoisotopic (exact) mass is 519 g/mol. The molecule has 0 fully saturated rings. The molecule has 188 valence electrons. The largest absolute Gasteiger partial charge is 0.573 e. The first-order valence-corrected chi connectivity index (χ1v) is 12.4. The summed E-state index contributed by atoms with van der Waals surface area (Å²) in [7, 11) is -4.28. The number of nitrogens with one attached hydrogen (secondary N) is 1. The van der Waals surface area contributed by atoms with E-state index in [-0.39, 0.29) is 22.0 Å². The van der Waals surface area contributed by atoms with E-state index in [1.165, 1.54) is 36.4 Å². The molecule has 1 aliphatic heterocycles. The van der Waals surface area contributed by atoms with Crippen LogP contribution in [0.1, 0.15) is 23.8 Å². The lowest BCUT2D eigenvalue weighted by atomic mass is 10.0. The number of para-hydroxylation sites is 2. The molecule has 0 aliphatic carbocycles. The van der Waals surface area contributed by atoms with Crippen LogP contribution in [0.5, 0.6) is 17.2 Å². The van der Waals surface area contributed by atoms with Crippen molar-refractivity contribution in [3.05, 3.63) is 84.1 Å². The first-order valence-electron chi connectivity index (χ1n) is 10.9. The van der Waals surface area contributed by atoms with Crippen molar-refractivity contribution in [1.29, 1.82) is 0 Å². The van der Waals surface area contributed by atoms with Gasteiger partial charge in [-0.15, -0.1) is 13.2 Å². The quantitative estimate of drug-likeness (QED) is 0.359. The van der Waals surface area contributed by atoms with Gasteiger partial charge in [-0.2, -0.15) is 4.72 Å². The van der Waals surface area contributed by atoms with E-state index in [1.807, 2.05) is 0 Å². The molecule has 0 amide bonds. The minimum absolute atomic E-state index is 0.0770. The fraction of sp³-hybridized carbons (Fsp3) is 0.200. The molecule has 1 atom stereocenters. The lowest BCUT2D eigenvalue weighted by Gasteiger charge is -2.21. The van der Waals surface area contributed by atoms with Crippen molar-refractivity contribution in [1.82, 2.24) is 4.72 Å². The fourth-order valence-corrected chi connectivity index (χ4v) is 5.09. The molecule has 5 rings (SSSR count). The lowest BCUT2D eigenvalue weighted by molar-refractivity contribution is -0.275. The highest BCUT2D eigenvalue weighted by Crippen LogP contribution is 2.37. The Labute approximate surface area is 204 Å². The predicted octanol–water partition coefficient (Wildman–Crippen LogP) is 5.56. The molecule has 11 heteroatoms. The molecule has 0 radical (unpaired) electrons. The maximum absolute atomic E-state index is 13.5. The molecule has 2 heterocycles. The van der Waals surface area contributed by atoms with E-state index >= 15 is 0 Å². The summed E-state index contributed by atoms with van der Waals surface area (Å²) in [6, 6.07) is 16.6. The Hall–Kier alpha value is -3.70. The summed E-state index contributed by atoms with van der Waals surface area (Å²) in [5.74, 6) is 0.199. The minimum atomic E-state index is -4.98. The summed E-state index contributed by atoms with van der Waals surface area (Å²) < 4.78 is 90.0. The normalized spacial score (nSPS) is 14.9. The number of furan rings is 1. The average Bonchev–Trinajstić information content (AvgIpc) is 3.12. The van der Waals surface area contributed by atoms with Gasteiger partial charge in [0, 0.05) is 23.4 Å². The number of ether oxygens (including phenoxy) is 3. The molecule has 1 aliphatic rings. The SMILES string of the molecule is O=S(=O)(N[C@@H](c1cc2ccccc2o1)c1ccccc1OC(F)(F)F)c1ccc2c(c1)OCCCO2. The molecule has 4 aromatic rings. The van der Waals surface area contributed by atoms with Crippen LogP contribution in [0.4, 0.5) is 13.2 Å². The number of hydrogen-bond acceptors (Lipinski definition) is 6. The van der Waals surface area contributed by atoms with Gasteiger partial charge in [0.15, 0.2) is 11.5 Å². The van der Waals surface area contributed by atoms with Gasteiger partial charge in [0.05, 0.1) is 18.1 Å². The van der Waals surface area contributed by atoms with Crippen molar-refractivity contribution in [2.45, 2.75) is 23.7 Å². The Kier molecular flexibility index (Phi) is 6.27. The molecule has 36 heavy (non-hydrogen) atoms. The molecule has 0 spiro atoms. The van der Waals surface area contributed by atoms with Crippen molar-refractivity contribution >= 4 is 21.0 Å². The van der Waals surface area contributed by atoms with Gasteiger partial charge in [-0.1, -0.05) is 36.4 Å². The van der Waals surface area contributed by atoms with Crippen molar-refractivity contribution in [3.8, 4) is 17.2 Å². The van der Waals surface area contributed by atoms with Crippen molar-refractivity contribution in [3.63, 3.8) is 0 Å². The first kappa shape index (κ1) is 24.0. The van der Waals surface area contributed by atoms with Crippen molar-refractivity contribution in [2.24, 2.45) is 0 Å². The van der Waals surface area contributed by atoms with Crippen molar-refractivity contribution in [2.75, 3.05) is 13.2 Å². The number of sulfonamides is 1. The molecule has 0 bridgehead atoms. The van der Waals surface area contributed by atoms with Gasteiger partial charge in [-0.25, -0.2) is 8.42 Å². The van der Waals surface area contributed by atoms with Crippen LogP contribution >= 0.6 is 0 Å². The van der Waals surface area contributed by atoms with E-state index in [0.29, 0.717) is 36.4 Å². The van der Waals surface area contributed by atoms with Crippen LogP contribution in [0.25, 0.3) is 11.0 Å². The predicted molar refractivity (Wildman–Crippen MR) is 124 cm³/mol. The molecule has 7 nitrogen and oxygen atoms in total. The number of benzene rings is 3. The van der Waals surface area contributed by atoms with Gasteiger partial charge in [0.1, 0.15) is 23.1 Å². The zero-order valence-electron chi connectivity index (χ0n) is 18.6. The van der Waals surface area contributed by atoms with Gasteiger partial charge in [-0.3, -0.25) is 0 Å². The van der Waals surface area contributed by atoms with Gasteiger partial charge in [0.25, 0.3) is 0 Å². The van der Waals surface area contributed by atoms with Gasteiger partial charge in [0.2, 0.25) is 10.0 Å². The Morgan fingerprint density at radius 2 is 1.61 bits per heavy atom. The third-order valence-electron chi connectivity index (χ3n) is 5.49. The summed E-state index contributed by atoms with van der Waals surface area (Å²) in [5, 5.41) is 0.654. The number of rotatable bonds is 6. The first-order chi connectivity index (χ1) is 17.2. The summed E-state index contributed by atoms with van der Waals surface area (Å²) in [5.41, 5.74) is 0.369. The van der Waals surface area contributed by atoms with E-state index in [1.54, 1.807) is 30.3 Å². The second-order valence-electron chi connectivity index (χ2n) is 7.99. The second kappa shape index (κ2) is 9.40. The maximum Gasteiger partial charge on any atom is 0.573 e. The molecule has 1 N–H and O–H groups in total. The number of alkyl halides is 3. The zero-order chi connectivity index (χ0) is 25.3. The van der Waals surface area contributed by atoms with Crippen LogP contribution in [0.3, 0.4) is 0 Å². The Morgan fingerprint density at radius 3 is 2.39 bits per heavy atom. The van der Waals surface area contributed by atoms with E-state index in [9.17, 15) is 21.6 Å². The third-order valence-corrected chi connectivity index (χ3v) is 6.91. The highest BCUT2D eigenvalue weighted by atomic mass is 32.2. The summed E-state index contributed by atoms with van der Waals surface area (Å²) in [4.78, 5) is -0.151. The van der Waals surface area contributed by atoms with Crippen LogP contribution in [-0.2, 0) is 10.0 Å². The Bertz CT molecular complexity index is 1470. The summed E-state index contributed by atoms with van der Waals surface area (Å²) >= 11 is 0. The van der Waals surface area contributed by atoms with E-state index in [0.717, 1.165) is 6.07 Å². The van der Waals surface area contributed by atoms with Crippen molar-refractivity contribution < 1.29 is 40.2 Å². The van der Waals surface area contributed by atoms with Gasteiger partial charge >= 0.3 is 6.36 Å². The highest BCUT2D eigenvalue weighted by Gasteiger charge is 2.35. The van der Waals surface area contributed by atoms with Gasteiger partial charge < -0.3 is 18.6 Å². The molecule has 0 saturated heterocycles. The van der Waals surface area contributed by atoms with E-state index < -0.39 is 28.2 Å². The Morgan fingerprint density at radius 1 is 0.889 bits per heavy atom. The average molecular weight is 519 g/mol. The van der Waals surface area contributed by atoms with Crippen LogP contribution < -0.4 is 18.9 Å². The van der Waals surface area contributed by atoms with Crippen LogP contribution in [0.2, 0.25) is 0 Å². The molecule has 3 aromatic carbocycles. The topological polar surface area (TPSA) is 87.0 Å². The molecule has 1 aromatic heterocycles. The van der Waals surface area contributed by atoms with E-state index in [2.05, 4.69) is 9.46 Å². The zero-order valence-corrected chi connectivity index (χ0v) is 19.4. The lowest BCUT2D eigenvalue weighted by Crippen LogP contribution is -2.30. The number of hydrogen-bond donors (Lipinski definition) is 1. The van der Waals surface area contributed by atoms with E-state index in [4.69, 9.17) is 13.9 Å². The van der Waals surface area contributed by atoms with Crippen LogP contribution in [0.15, 0.2) is 82.1 Å². The highest BCUT2D eigenvalue weighted by molar-refractivity contribution is 7.89. The van der Waals surface area contributed by atoms with Gasteiger partial charge in [-0.05, 0) is 30.3 Å². The second-order valence-corrected chi connectivity index (χ2v) is 9.70. The Balaban J connectivity index is 1.59. The smallest absolute Gasteiger partial charge is 0.490 e. The number of fused-ring (bicyclic) bond motifs is 2. The minimum Gasteiger partial charge on any atom is -0.490 e. The summed E-state index contributed by atoms with van der Waals surface area (Å²) in [6.07, 6.45) is -4.35. The van der Waals surface area contributed by atoms with Crippen LogP contribution in [-0.4, -0.2) is 28.0 Å². The molecule has 0 saturated carbocycles. The standard InChI is InChI=1S/C25H20F3NO6S/c26-25(27,28)35-20-9-4-2-7-18(20)24(23-14-16-6-1-3-8-19(16)34-23)29-36(30,31)17-10-11-21-22(15-17)33-13-5-12-32-21/h1-4,6-11,14-15,24,29H,5,12-13H2/t24-/m1/s1.